The number of nitrogens with zero attached hydrogens (tertiary/aromatic N) is 1. The topological polar surface area (TPSA) is 141 Å². The molecule has 0 radical (unpaired) electrons. The van der Waals surface area contributed by atoms with Crippen molar-refractivity contribution >= 4 is 17.8 Å². The summed E-state index contributed by atoms with van der Waals surface area (Å²) < 4.78 is 0. The number of nitrogens with one attached hydrogen (secondary N) is 3. The number of aromatic nitrogens is 1. The second kappa shape index (κ2) is 13.7. The molecule has 0 bridgehead atoms. The van der Waals surface area contributed by atoms with Crippen molar-refractivity contribution in [2.24, 2.45) is 5.92 Å². The van der Waals surface area contributed by atoms with Gasteiger partial charge in [-0.3, -0.25) is 14.6 Å². The van der Waals surface area contributed by atoms with Gasteiger partial charge in [0.15, 0.2) is 0 Å². The van der Waals surface area contributed by atoms with Gasteiger partial charge in [0.05, 0.1) is 0 Å². The zero-order valence-corrected chi connectivity index (χ0v) is 21.6. The van der Waals surface area contributed by atoms with Crippen molar-refractivity contribution in [3.8, 4) is 5.75 Å². The molecule has 2 atom stereocenters. The van der Waals surface area contributed by atoms with Crippen LogP contribution in [0.3, 0.4) is 0 Å². The van der Waals surface area contributed by atoms with Crippen molar-refractivity contribution in [1.29, 1.82) is 0 Å². The summed E-state index contributed by atoms with van der Waals surface area (Å²) in [7, 11) is 0. The number of phenols is 1. The summed E-state index contributed by atoms with van der Waals surface area (Å²) in [4.78, 5) is 42.4. The Hall–Kier alpha value is -3.46. The number of carbonyl (C=O) groups is 3. The summed E-state index contributed by atoms with van der Waals surface area (Å²) in [6.07, 6.45) is 3.10. The van der Waals surface area contributed by atoms with Gasteiger partial charge in [-0.1, -0.05) is 32.0 Å². The lowest BCUT2D eigenvalue weighted by Gasteiger charge is -2.23. The highest BCUT2D eigenvalue weighted by Crippen LogP contribution is 2.23. The van der Waals surface area contributed by atoms with Crippen molar-refractivity contribution in [2.75, 3.05) is 13.1 Å². The van der Waals surface area contributed by atoms with E-state index in [1.165, 1.54) is 12.1 Å². The summed E-state index contributed by atoms with van der Waals surface area (Å²) in [6.45, 7) is 5.71. The predicted octanol–water partition coefficient (Wildman–Crippen LogP) is 2.53. The van der Waals surface area contributed by atoms with Crippen molar-refractivity contribution in [3.63, 3.8) is 0 Å². The number of pyridine rings is 1. The Kier molecular flexibility index (Phi) is 10.4. The van der Waals surface area contributed by atoms with Crippen LogP contribution < -0.4 is 16.0 Å². The fourth-order valence-electron chi connectivity index (χ4n) is 4.53. The van der Waals surface area contributed by atoms with Crippen LogP contribution in [0.15, 0.2) is 42.5 Å². The smallest absolute Gasteiger partial charge is 0.326 e. The number of aryl methyl sites for hydroxylation is 1. The first-order chi connectivity index (χ1) is 17.7. The number of rotatable bonds is 12. The molecule has 1 aromatic heterocycles. The minimum absolute atomic E-state index is 0.0691. The Labute approximate surface area is 218 Å². The third-order valence-electron chi connectivity index (χ3n) is 6.54. The van der Waals surface area contributed by atoms with Gasteiger partial charge in [0.1, 0.15) is 17.8 Å². The number of benzene rings is 1. The van der Waals surface area contributed by atoms with Crippen LogP contribution in [0.2, 0.25) is 0 Å². The van der Waals surface area contributed by atoms with Crippen LogP contribution in [-0.2, 0) is 27.2 Å². The molecule has 2 aromatic rings. The number of phenolic OH excluding ortho intramolecular Hbond substituents is 1. The number of hydrogen-bond acceptors (Lipinski definition) is 6. The first kappa shape index (κ1) is 28.1. The number of carboxylic acid groups (broad SMARTS) is 1. The van der Waals surface area contributed by atoms with Crippen molar-refractivity contribution in [2.45, 2.75) is 70.4 Å². The minimum Gasteiger partial charge on any atom is -0.508 e. The molecule has 1 aliphatic rings. The lowest BCUT2D eigenvalue weighted by molar-refractivity contribution is -0.142. The molecular formula is C28H38N4O5. The number of hydrogen-bond donors (Lipinski definition) is 5. The van der Waals surface area contributed by atoms with E-state index < -0.39 is 24.0 Å². The summed E-state index contributed by atoms with van der Waals surface area (Å²) in [6, 6.07) is 10.3. The normalized spacial score (nSPS) is 15.6. The van der Waals surface area contributed by atoms with Gasteiger partial charge < -0.3 is 26.2 Å². The van der Waals surface area contributed by atoms with Crippen LogP contribution in [0.25, 0.3) is 0 Å². The summed E-state index contributed by atoms with van der Waals surface area (Å²) in [5.74, 6) is -1.40. The molecular weight excluding hydrogens is 472 g/mol. The first-order valence-corrected chi connectivity index (χ1v) is 13.0. The predicted molar refractivity (Wildman–Crippen MR) is 140 cm³/mol. The van der Waals surface area contributed by atoms with Crippen LogP contribution in [0.5, 0.6) is 5.75 Å². The fraction of sp³-hybridized carbons (Fsp3) is 0.500. The molecule has 0 saturated carbocycles. The summed E-state index contributed by atoms with van der Waals surface area (Å²) in [5, 5.41) is 27.8. The SMILES string of the molecule is CC(C)C[C@H](NC(=O)[C@H](Cc1ccc(O)cc1)NC(=O)CCc1cccc(C2CCNCC2)n1)C(=O)O. The highest BCUT2D eigenvalue weighted by atomic mass is 16.4. The van der Waals surface area contributed by atoms with Crippen molar-refractivity contribution < 1.29 is 24.6 Å². The van der Waals surface area contributed by atoms with E-state index in [4.69, 9.17) is 4.98 Å². The molecule has 9 heteroatoms. The van der Waals surface area contributed by atoms with E-state index in [9.17, 15) is 24.6 Å². The monoisotopic (exact) mass is 510 g/mol. The van der Waals surface area contributed by atoms with Gasteiger partial charge in [0.25, 0.3) is 0 Å². The zero-order chi connectivity index (χ0) is 26.8. The molecule has 0 unspecified atom stereocenters. The van der Waals surface area contributed by atoms with E-state index >= 15 is 0 Å². The second-order valence-corrected chi connectivity index (χ2v) is 10.1. The molecule has 1 fully saturated rings. The number of aliphatic carboxylic acids is 1. The van der Waals surface area contributed by atoms with Crippen molar-refractivity contribution in [3.05, 3.63) is 59.4 Å². The van der Waals surface area contributed by atoms with Crippen molar-refractivity contribution in [1.82, 2.24) is 20.9 Å². The molecule has 0 spiro atoms. The van der Waals surface area contributed by atoms with E-state index in [1.807, 2.05) is 32.0 Å². The van der Waals surface area contributed by atoms with E-state index in [-0.39, 0.29) is 36.8 Å². The van der Waals surface area contributed by atoms with E-state index in [1.54, 1.807) is 12.1 Å². The quantitative estimate of drug-likeness (QED) is 0.295. The van der Waals surface area contributed by atoms with Gasteiger partial charge in [-0.05, 0) is 74.5 Å². The Balaban J connectivity index is 1.65. The summed E-state index contributed by atoms with van der Waals surface area (Å²) in [5.41, 5.74) is 2.60. The standard InChI is InChI=1S/C28H38N4O5/c1-18(2)16-25(28(36)37)32-27(35)24(17-19-6-9-22(33)10-7-19)31-26(34)11-8-21-4-3-5-23(30-21)20-12-14-29-15-13-20/h3-7,9-10,18,20,24-25,29,33H,8,11-17H2,1-2H3,(H,31,34)(H,32,35)(H,36,37)/t24-,25-/m0/s1. The molecule has 200 valence electrons. The lowest BCUT2D eigenvalue weighted by atomic mass is 9.94. The minimum atomic E-state index is -1.11. The van der Waals surface area contributed by atoms with E-state index in [0.717, 1.165) is 42.9 Å². The Morgan fingerprint density at radius 3 is 2.38 bits per heavy atom. The molecule has 9 nitrogen and oxygen atoms in total. The Bertz CT molecular complexity index is 1050. The number of piperidine rings is 1. The first-order valence-electron chi connectivity index (χ1n) is 13.0. The highest BCUT2D eigenvalue weighted by Gasteiger charge is 2.27. The molecule has 5 N–H and O–H groups in total. The van der Waals surface area contributed by atoms with Crippen LogP contribution >= 0.6 is 0 Å². The maximum Gasteiger partial charge on any atom is 0.326 e. The summed E-state index contributed by atoms with van der Waals surface area (Å²) >= 11 is 0. The van der Waals surface area contributed by atoms with Gasteiger partial charge in [0.2, 0.25) is 11.8 Å². The van der Waals surface area contributed by atoms with Gasteiger partial charge in [-0.25, -0.2) is 4.79 Å². The molecule has 2 heterocycles. The second-order valence-electron chi connectivity index (χ2n) is 10.1. The number of aromatic hydroxyl groups is 1. The third-order valence-corrected chi connectivity index (χ3v) is 6.54. The van der Waals surface area contributed by atoms with Gasteiger partial charge in [0, 0.05) is 30.1 Å². The zero-order valence-electron chi connectivity index (χ0n) is 21.6. The van der Waals surface area contributed by atoms with Crippen LogP contribution in [0.4, 0.5) is 0 Å². The number of carbonyl (C=O) groups excluding carboxylic acids is 2. The third kappa shape index (κ3) is 9.17. The molecule has 2 amide bonds. The van der Waals surface area contributed by atoms with Gasteiger partial charge in [-0.15, -0.1) is 0 Å². The van der Waals surface area contributed by atoms with E-state index in [0.29, 0.717) is 12.3 Å². The average molecular weight is 511 g/mol. The molecule has 1 saturated heterocycles. The van der Waals surface area contributed by atoms with Gasteiger partial charge in [-0.2, -0.15) is 0 Å². The molecule has 0 aliphatic carbocycles. The molecule has 3 rings (SSSR count). The van der Waals surface area contributed by atoms with E-state index in [2.05, 4.69) is 16.0 Å². The Morgan fingerprint density at radius 1 is 1.03 bits per heavy atom. The van der Waals surface area contributed by atoms with Crippen LogP contribution in [-0.4, -0.2) is 58.2 Å². The van der Waals surface area contributed by atoms with Crippen LogP contribution in [0.1, 0.15) is 62.4 Å². The maximum atomic E-state index is 13.1. The largest absolute Gasteiger partial charge is 0.508 e. The highest BCUT2D eigenvalue weighted by molar-refractivity contribution is 5.90. The maximum absolute atomic E-state index is 13.1. The van der Waals surface area contributed by atoms with Gasteiger partial charge >= 0.3 is 5.97 Å². The number of carboxylic acids is 1. The average Bonchev–Trinajstić information content (AvgIpc) is 2.88. The lowest BCUT2D eigenvalue weighted by Crippen LogP contribution is -2.52. The van der Waals surface area contributed by atoms with Crippen LogP contribution in [0, 0.1) is 5.92 Å². The fourth-order valence-corrected chi connectivity index (χ4v) is 4.53. The molecule has 37 heavy (non-hydrogen) atoms. The molecule has 1 aliphatic heterocycles. The molecule has 1 aromatic carbocycles. The Morgan fingerprint density at radius 2 is 1.73 bits per heavy atom. The number of amides is 2.